The molecule has 4 nitrogen and oxygen atoms in total. The zero-order valence-electron chi connectivity index (χ0n) is 13.7. The summed E-state index contributed by atoms with van der Waals surface area (Å²) in [5.74, 6) is 0.0449. The minimum absolute atomic E-state index is 0.0423. The van der Waals surface area contributed by atoms with Crippen molar-refractivity contribution in [2.75, 3.05) is 13.1 Å². The predicted octanol–water partition coefficient (Wildman–Crippen LogP) is 3.85. The molecule has 1 aliphatic rings. The summed E-state index contributed by atoms with van der Waals surface area (Å²) in [7, 11) is 0. The number of carbonyl (C=O) groups excluding carboxylic acids is 1. The van der Waals surface area contributed by atoms with Crippen LogP contribution in [0, 0.1) is 5.82 Å². The lowest BCUT2D eigenvalue weighted by atomic mass is 9.99. The number of rotatable bonds is 3. The first kappa shape index (κ1) is 15.6. The van der Waals surface area contributed by atoms with Crippen LogP contribution < -0.4 is 0 Å². The van der Waals surface area contributed by atoms with Crippen LogP contribution in [0.1, 0.15) is 28.4 Å². The van der Waals surface area contributed by atoms with E-state index in [1.54, 1.807) is 18.2 Å². The number of nitrogens with one attached hydrogen (secondary N) is 1. The average Bonchev–Trinajstić information content (AvgIpc) is 3.33. The summed E-state index contributed by atoms with van der Waals surface area (Å²) in [4.78, 5) is 14.6. The van der Waals surface area contributed by atoms with Gasteiger partial charge in [0.15, 0.2) is 0 Å². The third-order valence-electron chi connectivity index (χ3n) is 4.69. The molecule has 1 amide bonds. The van der Waals surface area contributed by atoms with Gasteiger partial charge in [-0.1, -0.05) is 30.3 Å². The Morgan fingerprint density at radius 2 is 1.88 bits per heavy atom. The van der Waals surface area contributed by atoms with E-state index >= 15 is 0 Å². The number of aromatic amines is 1. The molecule has 0 aliphatic carbocycles. The number of benzene rings is 2. The molecule has 2 heterocycles. The van der Waals surface area contributed by atoms with Gasteiger partial charge in [0.2, 0.25) is 0 Å². The number of aromatic nitrogens is 2. The Labute approximate surface area is 145 Å². The van der Waals surface area contributed by atoms with E-state index in [1.165, 1.54) is 17.7 Å². The lowest BCUT2D eigenvalue weighted by Crippen LogP contribution is -2.28. The fraction of sp³-hybridized carbons (Fsp3) is 0.200. The van der Waals surface area contributed by atoms with Gasteiger partial charge in [-0.05, 0) is 42.3 Å². The van der Waals surface area contributed by atoms with Crippen LogP contribution in [-0.4, -0.2) is 34.1 Å². The largest absolute Gasteiger partial charge is 0.337 e. The molecule has 3 aromatic rings. The molecule has 25 heavy (non-hydrogen) atoms. The quantitative estimate of drug-likeness (QED) is 0.790. The highest BCUT2D eigenvalue weighted by Crippen LogP contribution is 2.28. The highest BCUT2D eigenvalue weighted by molar-refractivity contribution is 5.93. The smallest absolute Gasteiger partial charge is 0.271 e. The van der Waals surface area contributed by atoms with Crippen molar-refractivity contribution in [3.63, 3.8) is 0 Å². The topological polar surface area (TPSA) is 49.0 Å². The van der Waals surface area contributed by atoms with E-state index in [0.29, 0.717) is 23.9 Å². The van der Waals surface area contributed by atoms with Crippen molar-refractivity contribution in [2.45, 2.75) is 12.3 Å². The third kappa shape index (κ3) is 3.18. The lowest BCUT2D eigenvalue weighted by Gasteiger charge is -2.15. The number of carbonyl (C=O) groups is 1. The number of likely N-dealkylation sites (tertiary alicyclic amines) is 1. The summed E-state index contributed by atoms with van der Waals surface area (Å²) in [5.41, 5.74) is 3.16. The number of hydrogen-bond donors (Lipinski definition) is 1. The molecule has 5 heteroatoms. The maximum Gasteiger partial charge on any atom is 0.271 e. The van der Waals surface area contributed by atoms with Gasteiger partial charge in [-0.15, -0.1) is 0 Å². The van der Waals surface area contributed by atoms with Crippen molar-refractivity contribution in [3.05, 3.63) is 77.7 Å². The van der Waals surface area contributed by atoms with Crippen LogP contribution in [0.25, 0.3) is 11.3 Å². The molecule has 0 bridgehead atoms. The molecule has 0 saturated carbocycles. The highest BCUT2D eigenvalue weighted by Gasteiger charge is 2.28. The minimum Gasteiger partial charge on any atom is -0.337 e. The van der Waals surface area contributed by atoms with Crippen LogP contribution >= 0.6 is 0 Å². The summed E-state index contributed by atoms with van der Waals surface area (Å²) in [6.45, 7) is 1.46. The summed E-state index contributed by atoms with van der Waals surface area (Å²) in [5, 5.41) is 7.01. The molecule has 1 N–H and O–H groups in total. The summed E-state index contributed by atoms with van der Waals surface area (Å²) >= 11 is 0. The SMILES string of the molecule is O=C(c1cc(-c2ccc(F)cc2)n[nH]1)N1CCC(c2ccccc2)C1. The second-order valence-electron chi connectivity index (χ2n) is 6.32. The Morgan fingerprint density at radius 3 is 2.64 bits per heavy atom. The van der Waals surface area contributed by atoms with Gasteiger partial charge in [-0.25, -0.2) is 4.39 Å². The van der Waals surface area contributed by atoms with E-state index in [4.69, 9.17) is 0 Å². The van der Waals surface area contributed by atoms with Crippen molar-refractivity contribution >= 4 is 5.91 Å². The second kappa shape index (κ2) is 6.51. The van der Waals surface area contributed by atoms with Crippen LogP contribution in [0.15, 0.2) is 60.7 Å². The fourth-order valence-electron chi connectivity index (χ4n) is 3.31. The van der Waals surface area contributed by atoms with Gasteiger partial charge in [-0.3, -0.25) is 9.89 Å². The van der Waals surface area contributed by atoms with E-state index in [2.05, 4.69) is 22.3 Å². The number of hydrogen-bond acceptors (Lipinski definition) is 2. The van der Waals surface area contributed by atoms with Gasteiger partial charge in [-0.2, -0.15) is 5.10 Å². The van der Waals surface area contributed by atoms with Gasteiger partial charge >= 0.3 is 0 Å². The van der Waals surface area contributed by atoms with E-state index in [9.17, 15) is 9.18 Å². The minimum atomic E-state index is -0.292. The molecule has 1 fully saturated rings. The van der Waals surface area contributed by atoms with E-state index in [1.807, 2.05) is 23.1 Å². The van der Waals surface area contributed by atoms with Crippen molar-refractivity contribution < 1.29 is 9.18 Å². The third-order valence-corrected chi connectivity index (χ3v) is 4.69. The Morgan fingerprint density at radius 1 is 1.12 bits per heavy atom. The molecule has 1 saturated heterocycles. The van der Waals surface area contributed by atoms with Crippen LogP contribution in [-0.2, 0) is 0 Å². The lowest BCUT2D eigenvalue weighted by molar-refractivity contribution is 0.0785. The molecular formula is C20H18FN3O. The molecule has 1 aliphatic heterocycles. The van der Waals surface area contributed by atoms with Crippen LogP contribution in [0.2, 0.25) is 0 Å². The number of nitrogens with zero attached hydrogens (tertiary/aromatic N) is 2. The van der Waals surface area contributed by atoms with Crippen molar-refractivity contribution in [1.82, 2.24) is 15.1 Å². The van der Waals surface area contributed by atoms with Crippen LogP contribution in [0.3, 0.4) is 0 Å². The van der Waals surface area contributed by atoms with Crippen molar-refractivity contribution in [1.29, 1.82) is 0 Å². The summed E-state index contributed by atoms with van der Waals surface area (Å²) in [6, 6.07) is 18.1. The van der Waals surface area contributed by atoms with Crippen molar-refractivity contribution in [2.24, 2.45) is 0 Å². The molecule has 126 valence electrons. The van der Waals surface area contributed by atoms with Gasteiger partial charge in [0.25, 0.3) is 5.91 Å². The maximum atomic E-state index is 13.0. The number of H-pyrrole nitrogens is 1. The Hall–Kier alpha value is -2.95. The number of halogens is 1. The average molecular weight is 335 g/mol. The summed E-state index contributed by atoms with van der Waals surface area (Å²) in [6.07, 6.45) is 0.967. The summed E-state index contributed by atoms with van der Waals surface area (Å²) < 4.78 is 13.0. The van der Waals surface area contributed by atoms with Gasteiger partial charge in [0.05, 0.1) is 5.69 Å². The van der Waals surface area contributed by atoms with Crippen LogP contribution in [0.5, 0.6) is 0 Å². The zero-order valence-corrected chi connectivity index (χ0v) is 13.7. The first-order valence-corrected chi connectivity index (χ1v) is 8.36. The Balaban J connectivity index is 1.48. The number of amides is 1. The first-order chi connectivity index (χ1) is 12.2. The van der Waals surface area contributed by atoms with Crippen molar-refractivity contribution in [3.8, 4) is 11.3 Å². The zero-order chi connectivity index (χ0) is 17.2. The fourth-order valence-corrected chi connectivity index (χ4v) is 3.31. The Kier molecular flexibility index (Phi) is 4.06. The molecule has 1 atom stereocenters. The van der Waals surface area contributed by atoms with Gasteiger partial charge in [0, 0.05) is 24.6 Å². The maximum absolute atomic E-state index is 13.0. The van der Waals surface area contributed by atoms with Gasteiger partial charge < -0.3 is 4.90 Å². The van der Waals surface area contributed by atoms with E-state index in [0.717, 1.165) is 18.5 Å². The normalized spacial score (nSPS) is 17.0. The predicted molar refractivity (Wildman–Crippen MR) is 93.7 cm³/mol. The molecule has 0 spiro atoms. The van der Waals surface area contributed by atoms with Gasteiger partial charge in [0.1, 0.15) is 11.5 Å². The second-order valence-corrected chi connectivity index (χ2v) is 6.32. The molecule has 4 rings (SSSR count). The standard InChI is InChI=1S/C20H18FN3O/c21-17-8-6-15(7-9-17)18-12-19(23-22-18)20(25)24-11-10-16(13-24)14-4-2-1-3-5-14/h1-9,12,16H,10-11,13H2,(H,22,23). The molecule has 2 aromatic carbocycles. The monoisotopic (exact) mass is 335 g/mol. The first-order valence-electron chi connectivity index (χ1n) is 8.36. The Bertz CT molecular complexity index is 873. The molecule has 0 radical (unpaired) electrons. The van der Waals surface area contributed by atoms with E-state index in [-0.39, 0.29) is 11.7 Å². The molecule has 1 aromatic heterocycles. The van der Waals surface area contributed by atoms with E-state index < -0.39 is 0 Å². The van der Waals surface area contributed by atoms with Crippen LogP contribution in [0.4, 0.5) is 4.39 Å². The molecule has 1 unspecified atom stereocenters. The molecular weight excluding hydrogens is 317 g/mol. The highest BCUT2D eigenvalue weighted by atomic mass is 19.1.